The number of rotatable bonds is 4. The second-order valence-electron chi connectivity index (χ2n) is 3.39. The van der Waals surface area contributed by atoms with E-state index in [4.69, 9.17) is 0 Å². The summed E-state index contributed by atoms with van der Waals surface area (Å²) in [5.74, 6) is 0. The molecule has 1 heterocycles. The molecule has 0 aliphatic heterocycles. The summed E-state index contributed by atoms with van der Waals surface area (Å²) in [4.78, 5) is 16.7. The van der Waals surface area contributed by atoms with Crippen LogP contribution >= 0.6 is 11.3 Å². The van der Waals surface area contributed by atoms with E-state index in [0.717, 1.165) is 19.6 Å². The number of urea groups is 1. The lowest BCUT2D eigenvalue weighted by molar-refractivity contribution is 0.165. The van der Waals surface area contributed by atoms with E-state index in [1.807, 2.05) is 37.2 Å². The van der Waals surface area contributed by atoms with Gasteiger partial charge in [-0.3, -0.25) is 0 Å². The minimum Gasteiger partial charge on any atom is -0.328 e. The van der Waals surface area contributed by atoms with Crippen molar-refractivity contribution in [3.63, 3.8) is 0 Å². The number of carbonyl (C=O) groups excluding carboxylic acids is 1. The van der Waals surface area contributed by atoms with Gasteiger partial charge in [0.15, 0.2) is 0 Å². The molecule has 0 saturated heterocycles. The molecule has 1 aromatic heterocycles. The van der Waals surface area contributed by atoms with Crippen LogP contribution in [0.2, 0.25) is 0 Å². The lowest BCUT2D eigenvalue weighted by Gasteiger charge is -2.25. The fourth-order valence-corrected chi connectivity index (χ4v) is 2.00. The zero-order chi connectivity index (χ0) is 11.3. The first kappa shape index (κ1) is 12.0. The molecule has 0 spiro atoms. The van der Waals surface area contributed by atoms with Crippen LogP contribution in [-0.2, 0) is 6.54 Å². The van der Waals surface area contributed by atoms with E-state index in [1.54, 1.807) is 16.2 Å². The predicted molar refractivity (Wildman–Crippen MR) is 64.1 cm³/mol. The van der Waals surface area contributed by atoms with E-state index in [9.17, 15) is 4.79 Å². The molecule has 0 atom stereocenters. The van der Waals surface area contributed by atoms with Crippen molar-refractivity contribution < 1.29 is 4.79 Å². The molecule has 0 saturated carbocycles. The van der Waals surface area contributed by atoms with E-state index in [0.29, 0.717) is 0 Å². The molecule has 0 aromatic carbocycles. The molecule has 1 rings (SSSR count). The van der Waals surface area contributed by atoms with Crippen molar-refractivity contribution in [1.82, 2.24) is 9.80 Å². The second-order valence-corrected chi connectivity index (χ2v) is 4.42. The molecule has 0 bridgehead atoms. The standard InChI is InChI=1S/C11H18N2OS/c1-4-12(3)11(14)13(5-2)9-10-7-6-8-15-10/h6-8H,4-5,9H2,1-3H3. The van der Waals surface area contributed by atoms with Crippen LogP contribution in [0.15, 0.2) is 17.5 Å². The van der Waals surface area contributed by atoms with Gasteiger partial charge in [-0.1, -0.05) is 6.07 Å². The molecule has 0 unspecified atom stereocenters. The predicted octanol–water partition coefficient (Wildman–Crippen LogP) is 2.64. The number of hydrogen-bond acceptors (Lipinski definition) is 2. The third kappa shape index (κ3) is 3.23. The summed E-state index contributed by atoms with van der Waals surface area (Å²) in [6.45, 7) is 6.21. The Morgan fingerprint density at radius 1 is 1.40 bits per heavy atom. The van der Waals surface area contributed by atoms with E-state index < -0.39 is 0 Å². The van der Waals surface area contributed by atoms with Crippen molar-refractivity contribution in [3.8, 4) is 0 Å². The van der Waals surface area contributed by atoms with Crippen LogP contribution in [0.5, 0.6) is 0 Å². The normalized spacial score (nSPS) is 10.1. The van der Waals surface area contributed by atoms with Gasteiger partial charge >= 0.3 is 6.03 Å². The van der Waals surface area contributed by atoms with Gasteiger partial charge in [-0.05, 0) is 25.3 Å². The molecule has 0 radical (unpaired) electrons. The zero-order valence-corrected chi connectivity index (χ0v) is 10.4. The maximum absolute atomic E-state index is 11.9. The van der Waals surface area contributed by atoms with Crippen LogP contribution in [-0.4, -0.2) is 36.0 Å². The summed E-state index contributed by atoms with van der Waals surface area (Å²) in [6.07, 6.45) is 0. The van der Waals surface area contributed by atoms with Crippen molar-refractivity contribution in [2.75, 3.05) is 20.1 Å². The Morgan fingerprint density at radius 3 is 2.60 bits per heavy atom. The van der Waals surface area contributed by atoms with E-state index in [1.165, 1.54) is 4.88 Å². The van der Waals surface area contributed by atoms with Gasteiger partial charge in [0.05, 0.1) is 6.54 Å². The maximum atomic E-state index is 11.9. The zero-order valence-electron chi connectivity index (χ0n) is 9.56. The molecule has 2 amide bonds. The van der Waals surface area contributed by atoms with E-state index in [2.05, 4.69) is 6.07 Å². The van der Waals surface area contributed by atoms with Crippen LogP contribution in [0.4, 0.5) is 4.79 Å². The number of nitrogens with zero attached hydrogens (tertiary/aromatic N) is 2. The summed E-state index contributed by atoms with van der Waals surface area (Å²) in [5.41, 5.74) is 0. The van der Waals surface area contributed by atoms with Crippen LogP contribution in [0.3, 0.4) is 0 Å². The van der Waals surface area contributed by atoms with Gasteiger partial charge in [-0.25, -0.2) is 4.79 Å². The lowest BCUT2D eigenvalue weighted by atomic mass is 10.4. The first-order valence-electron chi connectivity index (χ1n) is 5.21. The maximum Gasteiger partial charge on any atom is 0.320 e. The SMILES string of the molecule is CCN(C)C(=O)N(CC)Cc1cccs1. The molecule has 84 valence electrons. The minimum absolute atomic E-state index is 0.105. The van der Waals surface area contributed by atoms with Gasteiger partial charge in [0.2, 0.25) is 0 Å². The monoisotopic (exact) mass is 226 g/mol. The Kier molecular flexibility index (Phi) is 4.62. The Balaban J connectivity index is 2.60. The Hall–Kier alpha value is -1.03. The molecule has 0 fully saturated rings. The van der Waals surface area contributed by atoms with Crippen LogP contribution in [0.25, 0.3) is 0 Å². The summed E-state index contributed by atoms with van der Waals surface area (Å²) < 4.78 is 0. The smallest absolute Gasteiger partial charge is 0.320 e. The average Bonchev–Trinajstić information content (AvgIpc) is 2.76. The average molecular weight is 226 g/mol. The highest BCUT2D eigenvalue weighted by molar-refractivity contribution is 7.09. The topological polar surface area (TPSA) is 23.6 Å². The van der Waals surface area contributed by atoms with Crippen molar-refractivity contribution in [2.24, 2.45) is 0 Å². The summed E-state index contributed by atoms with van der Waals surface area (Å²) in [5, 5.41) is 2.04. The van der Waals surface area contributed by atoms with Crippen molar-refractivity contribution in [3.05, 3.63) is 22.4 Å². The highest BCUT2D eigenvalue weighted by Crippen LogP contribution is 2.12. The van der Waals surface area contributed by atoms with Gasteiger partial charge < -0.3 is 9.80 Å². The van der Waals surface area contributed by atoms with Gasteiger partial charge in [-0.15, -0.1) is 11.3 Å². The summed E-state index contributed by atoms with van der Waals surface area (Å²) >= 11 is 1.69. The van der Waals surface area contributed by atoms with E-state index in [-0.39, 0.29) is 6.03 Å². The van der Waals surface area contributed by atoms with Crippen LogP contribution < -0.4 is 0 Å². The van der Waals surface area contributed by atoms with Gasteiger partial charge in [0.1, 0.15) is 0 Å². The molecule has 0 N–H and O–H groups in total. The first-order valence-corrected chi connectivity index (χ1v) is 6.09. The largest absolute Gasteiger partial charge is 0.328 e. The third-order valence-corrected chi connectivity index (χ3v) is 3.24. The quantitative estimate of drug-likeness (QED) is 0.774. The Bertz CT molecular complexity index is 298. The molecule has 4 heteroatoms. The van der Waals surface area contributed by atoms with Crippen LogP contribution in [0, 0.1) is 0 Å². The second kappa shape index (κ2) is 5.75. The van der Waals surface area contributed by atoms with Gasteiger partial charge in [-0.2, -0.15) is 0 Å². The molecule has 15 heavy (non-hydrogen) atoms. The highest BCUT2D eigenvalue weighted by atomic mass is 32.1. The summed E-state index contributed by atoms with van der Waals surface area (Å²) in [7, 11) is 1.83. The number of thiophene rings is 1. The Morgan fingerprint density at radius 2 is 2.13 bits per heavy atom. The van der Waals surface area contributed by atoms with Gasteiger partial charge in [0, 0.05) is 25.0 Å². The molecule has 3 nitrogen and oxygen atoms in total. The first-order chi connectivity index (χ1) is 7.19. The van der Waals surface area contributed by atoms with E-state index >= 15 is 0 Å². The molecular weight excluding hydrogens is 208 g/mol. The fourth-order valence-electron chi connectivity index (χ4n) is 1.28. The molecule has 0 aliphatic rings. The molecular formula is C11H18N2OS. The Labute approximate surface area is 95.3 Å². The third-order valence-electron chi connectivity index (χ3n) is 2.38. The van der Waals surface area contributed by atoms with Crippen molar-refractivity contribution in [1.29, 1.82) is 0 Å². The number of amides is 2. The molecule has 0 aliphatic carbocycles. The van der Waals surface area contributed by atoms with Crippen molar-refractivity contribution >= 4 is 17.4 Å². The highest BCUT2D eigenvalue weighted by Gasteiger charge is 2.15. The minimum atomic E-state index is 0.105. The number of carbonyl (C=O) groups is 1. The molecule has 1 aromatic rings. The number of hydrogen-bond donors (Lipinski definition) is 0. The lowest BCUT2D eigenvalue weighted by Crippen LogP contribution is -2.40. The van der Waals surface area contributed by atoms with Gasteiger partial charge in [0.25, 0.3) is 0 Å². The van der Waals surface area contributed by atoms with Crippen LogP contribution in [0.1, 0.15) is 18.7 Å². The fraction of sp³-hybridized carbons (Fsp3) is 0.545. The summed E-state index contributed by atoms with van der Waals surface area (Å²) in [6, 6.07) is 4.18. The van der Waals surface area contributed by atoms with Crippen molar-refractivity contribution in [2.45, 2.75) is 20.4 Å².